The van der Waals surface area contributed by atoms with Gasteiger partial charge in [0.2, 0.25) is 0 Å². The summed E-state index contributed by atoms with van der Waals surface area (Å²) in [4.78, 5) is 0. The molecule has 0 aliphatic heterocycles. The van der Waals surface area contributed by atoms with Gasteiger partial charge in [-0.1, -0.05) is 288 Å². The number of aliphatic hydroxyl groups excluding tert-OH is 1. The van der Waals surface area contributed by atoms with Crippen molar-refractivity contribution >= 4 is 56.1 Å². The summed E-state index contributed by atoms with van der Waals surface area (Å²) in [6.07, 6.45) is 15.6. The third kappa shape index (κ3) is 12.2. The van der Waals surface area contributed by atoms with Crippen LogP contribution in [0.2, 0.25) is 15.1 Å². The van der Waals surface area contributed by atoms with Crippen molar-refractivity contribution in [2.45, 2.75) is 148 Å². The largest absolute Gasteiger partial charge is 0.404 e. The van der Waals surface area contributed by atoms with E-state index in [1.165, 1.54) is 50.4 Å². The molecule has 0 saturated heterocycles. The number of unbranched alkanes of at least 4 members (excludes halogenated alkanes) is 3. The standard InChI is InChI=1S/C66H86O4Si3/c1-11-12-13-14-15-22-35-53(68-71(64(2,3)4,54-36-23-16-24-37-54)55-38-25-17-26-39-55)48-49-60-61(50-51-67)63(70-73(66(8,9)10,58-44-31-20-32-45-58)59-46-33-21-34-47-59)52-62(60)69-72(65(5,6)7,56-40-27-18-28-41-56)57-42-29-19-30-43-57/h15-34,36-49,53,60-63,67H,11-14,35,50-52H2,1-10H3/b22-15-,49-48+/t53-,60+,61-,62+,63-/m0/s1. The quantitative estimate of drug-likeness (QED) is 0.0418. The zero-order valence-electron chi connectivity index (χ0n) is 45.8. The molecule has 4 nitrogen and oxygen atoms in total. The van der Waals surface area contributed by atoms with Gasteiger partial charge in [-0.3, -0.25) is 0 Å². The molecule has 7 rings (SSSR count). The molecule has 1 N–H and O–H groups in total. The Balaban J connectivity index is 1.45. The van der Waals surface area contributed by atoms with Gasteiger partial charge in [-0.15, -0.1) is 0 Å². The van der Waals surface area contributed by atoms with E-state index in [1.54, 1.807) is 0 Å². The molecule has 0 bridgehead atoms. The van der Waals surface area contributed by atoms with Crippen LogP contribution in [0.15, 0.2) is 206 Å². The van der Waals surface area contributed by atoms with Gasteiger partial charge in [-0.2, -0.15) is 0 Å². The second-order valence-electron chi connectivity index (χ2n) is 23.5. The van der Waals surface area contributed by atoms with Crippen LogP contribution in [-0.4, -0.2) is 55.0 Å². The summed E-state index contributed by atoms with van der Waals surface area (Å²) < 4.78 is 24.6. The van der Waals surface area contributed by atoms with E-state index in [-0.39, 0.29) is 51.9 Å². The van der Waals surface area contributed by atoms with Gasteiger partial charge in [0.1, 0.15) is 0 Å². The minimum atomic E-state index is -3.08. The normalized spacial score (nSPS) is 18.7. The fourth-order valence-electron chi connectivity index (χ4n) is 12.2. The predicted octanol–water partition coefficient (Wildman–Crippen LogP) is 12.9. The van der Waals surface area contributed by atoms with E-state index >= 15 is 0 Å². The van der Waals surface area contributed by atoms with E-state index in [9.17, 15) is 5.11 Å². The van der Waals surface area contributed by atoms with Crippen LogP contribution in [0.25, 0.3) is 0 Å². The number of benzene rings is 6. The molecule has 7 heteroatoms. The highest BCUT2D eigenvalue weighted by Crippen LogP contribution is 2.48. The average Bonchev–Trinajstić information content (AvgIpc) is 3.70. The zero-order valence-corrected chi connectivity index (χ0v) is 48.8. The average molecular weight is 1030 g/mol. The van der Waals surface area contributed by atoms with Gasteiger partial charge in [-0.25, -0.2) is 0 Å². The van der Waals surface area contributed by atoms with Crippen LogP contribution in [0.1, 0.15) is 114 Å². The molecule has 0 heterocycles. The second-order valence-corrected chi connectivity index (χ2v) is 36.3. The summed E-state index contributed by atoms with van der Waals surface area (Å²) >= 11 is 0. The van der Waals surface area contributed by atoms with Crippen molar-refractivity contribution in [1.29, 1.82) is 0 Å². The van der Waals surface area contributed by atoms with Gasteiger partial charge >= 0.3 is 0 Å². The Labute approximate surface area is 444 Å². The number of hydrogen-bond acceptors (Lipinski definition) is 4. The van der Waals surface area contributed by atoms with E-state index < -0.39 is 25.0 Å². The number of allylic oxidation sites excluding steroid dienone is 1. The molecule has 1 saturated carbocycles. The van der Waals surface area contributed by atoms with Crippen LogP contribution < -0.4 is 31.1 Å². The fraction of sp³-hybridized carbons (Fsp3) is 0.394. The molecular weight excluding hydrogens is 941 g/mol. The maximum atomic E-state index is 11.3. The molecule has 0 amide bonds. The van der Waals surface area contributed by atoms with Gasteiger partial charge < -0.3 is 18.4 Å². The Kier molecular flexibility index (Phi) is 19.0. The molecule has 1 aliphatic carbocycles. The Morgan fingerprint density at radius 1 is 0.493 bits per heavy atom. The van der Waals surface area contributed by atoms with Crippen LogP contribution in [-0.2, 0) is 13.3 Å². The summed E-state index contributed by atoms with van der Waals surface area (Å²) in [6.45, 7) is 23.7. The SMILES string of the molecule is CCCCC/C=C\C[C@@H](/C=C/[C@@H]1[C@H](CCO)[C@@H](O[Si](c2ccccc2)(c2ccccc2)C(C)(C)C)C[C@H]1O[Si](c1ccccc1)(c1ccccc1)C(C)(C)C)O[Si](c1ccccc1)(c1ccccc1)C(C)(C)C. The molecule has 386 valence electrons. The van der Waals surface area contributed by atoms with Crippen molar-refractivity contribution < 1.29 is 18.4 Å². The van der Waals surface area contributed by atoms with E-state index in [2.05, 4.69) is 276 Å². The number of rotatable bonds is 22. The molecule has 1 fully saturated rings. The lowest BCUT2D eigenvalue weighted by Gasteiger charge is -2.46. The monoisotopic (exact) mass is 1030 g/mol. The minimum absolute atomic E-state index is 0.0457. The van der Waals surface area contributed by atoms with E-state index in [0.29, 0.717) is 12.8 Å². The maximum Gasteiger partial charge on any atom is 0.261 e. The number of aliphatic hydroxyl groups is 1. The van der Waals surface area contributed by atoms with Crippen molar-refractivity contribution in [1.82, 2.24) is 0 Å². The smallest absolute Gasteiger partial charge is 0.261 e. The Bertz CT molecular complexity index is 2490. The molecule has 0 unspecified atom stereocenters. The predicted molar refractivity (Wildman–Crippen MR) is 318 cm³/mol. The van der Waals surface area contributed by atoms with Crippen LogP contribution >= 0.6 is 0 Å². The van der Waals surface area contributed by atoms with Crippen molar-refractivity contribution in [3.05, 3.63) is 206 Å². The third-order valence-corrected chi connectivity index (χ3v) is 30.8. The van der Waals surface area contributed by atoms with Gasteiger partial charge in [0, 0.05) is 12.5 Å². The second kappa shape index (κ2) is 24.8. The first-order valence-corrected chi connectivity index (χ1v) is 33.1. The van der Waals surface area contributed by atoms with Crippen molar-refractivity contribution in [3.8, 4) is 0 Å². The first kappa shape index (κ1) is 56.0. The van der Waals surface area contributed by atoms with E-state index in [0.717, 1.165) is 12.8 Å². The number of hydrogen-bond donors (Lipinski definition) is 1. The highest BCUT2D eigenvalue weighted by Gasteiger charge is 2.58. The Morgan fingerprint density at radius 2 is 0.849 bits per heavy atom. The topological polar surface area (TPSA) is 47.9 Å². The van der Waals surface area contributed by atoms with Crippen molar-refractivity contribution in [2.24, 2.45) is 11.8 Å². The van der Waals surface area contributed by atoms with Gasteiger partial charge in [0.15, 0.2) is 0 Å². The van der Waals surface area contributed by atoms with Crippen LogP contribution in [0.4, 0.5) is 0 Å². The van der Waals surface area contributed by atoms with Gasteiger partial charge in [-0.05, 0) is 84.3 Å². The zero-order chi connectivity index (χ0) is 52.2. The van der Waals surface area contributed by atoms with Gasteiger partial charge in [0.25, 0.3) is 25.0 Å². The fourth-order valence-corrected chi connectivity index (χ4v) is 26.3. The third-order valence-electron chi connectivity index (χ3n) is 15.6. The lowest BCUT2D eigenvalue weighted by Crippen LogP contribution is -2.68. The molecule has 5 atom stereocenters. The summed E-state index contributed by atoms with van der Waals surface area (Å²) in [5, 5.41) is 18.2. The lowest BCUT2D eigenvalue weighted by molar-refractivity contribution is 0.115. The van der Waals surface area contributed by atoms with Gasteiger partial charge in [0.05, 0.1) is 18.3 Å². The summed E-state index contributed by atoms with van der Waals surface area (Å²) in [5.41, 5.74) is 0. The Hall–Kier alpha value is -4.71. The van der Waals surface area contributed by atoms with Crippen molar-refractivity contribution in [2.75, 3.05) is 6.61 Å². The molecular formula is C66H86O4Si3. The molecule has 0 radical (unpaired) electrons. The molecule has 6 aromatic carbocycles. The summed E-state index contributed by atoms with van der Waals surface area (Å²) in [6, 6.07) is 66.3. The molecule has 6 aromatic rings. The van der Waals surface area contributed by atoms with E-state index in [4.69, 9.17) is 13.3 Å². The van der Waals surface area contributed by atoms with Crippen LogP contribution in [0.5, 0.6) is 0 Å². The summed E-state index contributed by atoms with van der Waals surface area (Å²) in [5.74, 6) is -0.153. The Morgan fingerprint density at radius 3 is 1.19 bits per heavy atom. The first-order valence-electron chi connectivity index (χ1n) is 27.3. The molecule has 73 heavy (non-hydrogen) atoms. The van der Waals surface area contributed by atoms with Crippen LogP contribution in [0.3, 0.4) is 0 Å². The van der Waals surface area contributed by atoms with E-state index in [1.807, 2.05) is 0 Å². The van der Waals surface area contributed by atoms with Crippen molar-refractivity contribution in [3.63, 3.8) is 0 Å². The summed E-state index contributed by atoms with van der Waals surface area (Å²) in [7, 11) is -9.11. The highest BCUT2D eigenvalue weighted by molar-refractivity contribution is 7.00. The molecule has 0 spiro atoms. The van der Waals surface area contributed by atoms with Crippen LogP contribution in [0, 0.1) is 11.8 Å². The highest BCUT2D eigenvalue weighted by atomic mass is 28.4. The maximum absolute atomic E-state index is 11.3. The minimum Gasteiger partial charge on any atom is -0.404 e. The lowest BCUT2D eigenvalue weighted by atomic mass is 9.90. The molecule has 0 aromatic heterocycles. The first-order chi connectivity index (χ1) is 35.0. The molecule has 1 aliphatic rings.